The fourth-order valence-electron chi connectivity index (χ4n) is 3.85. The van der Waals surface area contributed by atoms with Crippen molar-refractivity contribution in [1.29, 1.82) is 0 Å². The number of amides is 3. The van der Waals surface area contributed by atoms with Crippen molar-refractivity contribution >= 4 is 11.9 Å². The summed E-state index contributed by atoms with van der Waals surface area (Å²) in [5.74, 6) is -2.95. The number of carbonyl (C=O) groups excluding carboxylic acids is 2. The van der Waals surface area contributed by atoms with Crippen LogP contribution in [0.5, 0.6) is 5.75 Å². The van der Waals surface area contributed by atoms with E-state index in [1.165, 1.54) is 7.11 Å². The van der Waals surface area contributed by atoms with E-state index >= 15 is 0 Å². The first-order valence-electron chi connectivity index (χ1n) is 9.38. The van der Waals surface area contributed by atoms with Crippen molar-refractivity contribution in [3.8, 4) is 5.75 Å². The summed E-state index contributed by atoms with van der Waals surface area (Å²) in [4.78, 5) is 24.9. The highest BCUT2D eigenvalue weighted by molar-refractivity contribution is 5.90. The Bertz CT molecular complexity index is 924. The standard InChI is InChI=1S/C21H21F2N3O3/c1-29-13-9-15(22)17(16(23)10-13)14-11-24-19(27)18(14)25-20(28)26-21(7-8-21)12-5-3-2-4-6-12/h2-6,9-10,14,18H,7-8,11H2,1H3,(H,24,27)(H2,25,26,28)/t14-,18-/m0/s1. The van der Waals surface area contributed by atoms with E-state index in [4.69, 9.17) is 4.74 Å². The first kappa shape index (κ1) is 19.2. The van der Waals surface area contributed by atoms with Gasteiger partial charge in [-0.15, -0.1) is 0 Å². The van der Waals surface area contributed by atoms with Gasteiger partial charge in [0.05, 0.1) is 12.6 Å². The second-order valence-corrected chi connectivity index (χ2v) is 7.38. The Morgan fingerprint density at radius 1 is 1.17 bits per heavy atom. The Labute approximate surface area is 166 Å². The van der Waals surface area contributed by atoms with Crippen LogP contribution in [0.25, 0.3) is 0 Å². The molecule has 152 valence electrons. The molecule has 6 nitrogen and oxygen atoms in total. The van der Waals surface area contributed by atoms with Crippen LogP contribution < -0.4 is 20.7 Å². The zero-order valence-electron chi connectivity index (χ0n) is 15.8. The Kier molecular flexibility index (Phi) is 4.86. The van der Waals surface area contributed by atoms with Crippen molar-refractivity contribution < 1.29 is 23.1 Å². The molecule has 4 rings (SSSR count). The predicted octanol–water partition coefficient (Wildman–Crippen LogP) is 2.54. The quantitative estimate of drug-likeness (QED) is 0.721. The molecule has 2 aliphatic rings. The lowest BCUT2D eigenvalue weighted by Gasteiger charge is -2.23. The molecule has 2 aromatic rings. The lowest BCUT2D eigenvalue weighted by Crippen LogP contribution is -2.50. The van der Waals surface area contributed by atoms with Crippen LogP contribution in [-0.2, 0) is 10.3 Å². The highest BCUT2D eigenvalue weighted by Crippen LogP contribution is 2.45. The minimum Gasteiger partial charge on any atom is -0.497 e. The maximum atomic E-state index is 14.5. The molecule has 1 saturated heterocycles. The molecule has 29 heavy (non-hydrogen) atoms. The molecular formula is C21H21F2N3O3. The number of urea groups is 1. The number of methoxy groups -OCH3 is 1. The van der Waals surface area contributed by atoms with Gasteiger partial charge in [0.2, 0.25) is 5.91 Å². The highest BCUT2D eigenvalue weighted by atomic mass is 19.1. The topological polar surface area (TPSA) is 79.5 Å². The number of hydrogen-bond donors (Lipinski definition) is 3. The zero-order valence-corrected chi connectivity index (χ0v) is 15.8. The molecule has 1 heterocycles. The van der Waals surface area contributed by atoms with Gasteiger partial charge >= 0.3 is 6.03 Å². The Balaban J connectivity index is 1.52. The maximum absolute atomic E-state index is 14.5. The summed E-state index contributed by atoms with van der Waals surface area (Å²) in [6, 6.07) is 10.0. The van der Waals surface area contributed by atoms with Crippen LogP contribution in [-0.4, -0.2) is 31.6 Å². The Hall–Kier alpha value is -3.16. The lowest BCUT2D eigenvalue weighted by atomic mass is 9.92. The van der Waals surface area contributed by atoms with Gasteiger partial charge in [-0.1, -0.05) is 30.3 Å². The molecule has 3 N–H and O–H groups in total. The molecule has 3 amide bonds. The monoisotopic (exact) mass is 401 g/mol. The summed E-state index contributed by atoms with van der Waals surface area (Å²) in [7, 11) is 1.31. The normalized spacial score (nSPS) is 22.0. The highest BCUT2D eigenvalue weighted by Gasteiger charge is 2.47. The zero-order chi connectivity index (χ0) is 20.6. The van der Waals surface area contributed by atoms with E-state index in [9.17, 15) is 18.4 Å². The van der Waals surface area contributed by atoms with Crippen LogP contribution in [0, 0.1) is 11.6 Å². The van der Waals surface area contributed by atoms with Gasteiger partial charge in [-0.05, 0) is 18.4 Å². The number of halogens is 2. The Morgan fingerprint density at radius 3 is 2.41 bits per heavy atom. The summed E-state index contributed by atoms with van der Waals surface area (Å²) in [5.41, 5.74) is 0.264. The molecule has 1 saturated carbocycles. The second-order valence-electron chi connectivity index (χ2n) is 7.38. The SMILES string of the molecule is COc1cc(F)c([C@@H]2CNC(=O)[C@H]2NC(=O)NC2(c3ccccc3)CC2)c(F)c1. The fraction of sp³-hybridized carbons (Fsp3) is 0.333. The van der Waals surface area contributed by atoms with Gasteiger partial charge in [0.25, 0.3) is 0 Å². The van der Waals surface area contributed by atoms with Gasteiger partial charge in [-0.3, -0.25) is 4.79 Å². The van der Waals surface area contributed by atoms with E-state index in [1.54, 1.807) is 0 Å². The van der Waals surface area contributed by atoms with Gasteiger partial charge in [-0.2, -0.15) is 0 Å². The molecule has 1 aliphatic heterocycles. The van der Waals surface area contributed by atoms with Gasteiger partial charge in [0, 0.05) is 30.2 Å². The molecule has 0 bridgehead atoms. The van der Waals surface area contributed by atoms with Crippen LogP contribution in [0.15, 0.2) is 42.5 Å². The summed E-state index contributed by atoms with van der Waals surface area (Å²) in [6.45, 7) is 0.0216. The number of benzene rings is 2. The van der Waals surface area contributed by atoms with Gasteiger partial charge in [-0.25, -0.2) is 13.6 Å². The smallest absolute Gasteiger partial charge is 0.316 e. The molecule has 2 fully saturated rings. The molecule has 0 unspecified atom stereocenters. The van der Waals surface area contributed by atoms with E-state index in [1.807, 2.05) is 30.3 Å². The van der Waals surface area contributed by atoms with Crippen LogP contribution in [0.2, 0.25) is 0 Å². The number of nitrogens with one attached hydrogen (secondary N) is 3. The number of carbonyl (C=O) groups is 2. The van der Waals surface area contributed by atoms with Gasteiger partial charge in [0.1, 0.15) is 23.4 Å². The summed E-state index contributed by atoms with van der Waals surface area (Å²) >= 11 is 0. The summed E-state index contributed by atoms with van der Waals surface area (Å²) in [5, 5.41) is 8.08. The third-order valence-electron chi connectivity index (χ3n) is 5.56. The van der Waals surface area contributed by atoms with Crippen LogP contribution in [0.1, 0.15) is 29.9 Å². The lowest BCUT2D eigenvalue weighted by molar-refractivity contribution is -0.120. The average Bonchev–Trinajstić information content (AvgIpc) is 3.41. The Morgan fingerprint density at radius 2 is 1.83 bits per heavy atom. The molecule has 8 heteroatoms. The average molecular weight is 401 g/mol. The second kappa shape index (κ2) is 7.35. The van der Waals surface area contributed by atoms with E-state index < -0.39 is 41.1 Å². The van der Waals surface area contributed by atoms with E-state index in [-0.39, 0.29) is 17.9 Å². The van der Waals surface area contributed by atoms with Crippen molar-refractivity contribution in [1.82, 2.24) is 16.0 Å². The first-order valence-corrected chi connectivity index (χ1v) is 9.38. The van der Waals surface area contributed by atoms with Crippen molar-refractivity contribution in [2.24, 2.45) is 0 Å². The molecular weight excluding hydrogens is 380 g/mol. The van der Waals surface area contributed by atoms with Crippen LogP contribution >= 0.6 is 0 Å². The number of rotatable bonds is 5. The van der Waals surface area contributed by atoms with E-state index in [0.29, 0.717) is 0 Å². The van der Waals surface area contributed by atoms with Crippen molar-refractivity contribution in [2.45, 2.75) is 30.3 Å². The minimum absolute atomic E-state index is 0.0216. The molecule has 0 radical (unpaired) electrons. The third kappa shape index (κ3) is 3.62. The van der Waals surface area contributed by atoms with Gasteiger partial charge in [0.15, 0.2) is 0 Å². The largest absolute Gasteiger partial charge is 0.497 e. The molecule has 2 aromatic carbocycles. The van der Waals surface area contributed by atoms with E-state index in [0.717, 1.165) is 30.5 Å². The first-order chi connectivity index (χ1) is 13.9. The number of ether oxygens (including phenoxy) is 1. The molecule has 0 spiro atoms. The van der Waals surface area contributed by atoms with Crippen molar-refractivity contribution in [3.63, 3.8) is 0 Å². The van der Waals surface area contributed by atoms with Crippen molar-refractivity contribution in [2.75, 3.05) is 13.7 Å². The number of hydrogen-bond acceptors (Lipinski definition) is 3. The molecule has 2 atom stereocenters. The van der Waals surface area contributed by atoms with E-state index in [2.05, 4.69) is 16.0 Å². The predicted molar refractivity (Wildman–Crippen MR) is 101 cm³/mol. The summed E-state index contributed by atoms with van der Waals surface area (Å²) in [6.07, 6.45) is 1.57. The minimum atomic E-state index is -1.08. The van der Waals surface area contributed by atoms with Crippen LogP contribution in [0.3, 0.4) is 0 Å². The molecule has 1 aliphatic carbocycles. The third-order valence-corrected chi connectivity index (χ3v) is 5.56. The maximum Gasteiger partial charge on any atom is 0.316 e. The molecule has 0 aromatic heterocycles. The van der Waals surface area contributed by atoms with Crippen molar-refractivity contribution in [3.05, 3.63) is 65.2 Å². The fourth-order valence-corrected chi connectivity index (χ4v) is 3.85. The van der Waals surface area contributed by atoms with Crippen LogP contribution in [0.4, 0.5) is 13.6 Å². The van der Waals surface area contributed by atoms with Gasteiger partial charge < -0.3 is 20.7 Å². The summed E-state index contributed by atoms with van der Waals surface area (Å²) < 4.78 is 33.9.